The lowest BCUT2D eigenvalue weighted by Crippen LogP contribution is -2.44. The molecule has 2 aromatic rings. The standard InChI is InChI=1S/C13H16N6O/c1-19-7-6-15-9-11(19)13-17-12(20-18-13)3-2-10-8-14-4-5-16-10/h2-5,8,11,15H,6-7,9H2,1H3/b3-2+. The molecule has 7 nitrogen and oxygen atoms in total. The molecule has 0 saturated carbocycles. The van der Waals surface area contributed by atoms with Gasteiger partial charge in [-0.15, -0.1) is 0 Å². The van der Waals surface area contributed by atoms with Crippen LogP contribution in [0.1, 0.15) is 23.5 Å². The van der Waals surface area contributed by atoms with Gasteiger partial charge in [0.15, 0.2) is 5.82 Å². The van der Waals surface area contributed by atoms with Gasteiger partial charge in [0, 0.05) is 38.1 Å². The quantitative estimate of drug-likeness (QED) is 0.876. The lowest BCUT2D eigenvalue weighted by molar-refractivity contribution is 0.190. The number of hydrogen-bond acceptors (Lipinski definition) is 7. The molecule has 0 aromatic carbocycles. The van der Waals surface area contributed by atoms with Crippen LogP contribution in [0.3, 0.4) is 0 Å². The van der Waals surface area contributed by atoms with Gasteiger partial charge in [-0.3, -0.25) is 14.9 Å². The van der Waals surface area contributed by atoms with Crippen LogP contribution in [-0.4, -0.2) is 51.7 Å². The van der Waals surface area contributed by atoms with Crippen LogP contribution in [0.2, 0.25) is 0 Å². The van der Waals surface area contributed by atoms with E-state index >= 15 is 0 Å². The molecule has 0 radical (unpaired) electrons. The summed E-state index contributed by atoms with van der Waals surface area (Å²) < 4.78 is 5.24. The number of hydrogen-bond donors (Lipinski definition) is 1. The smallest absolute Gasteiger partial charge is 0.250 e. The van der Waals surface area contributed by atoms with Crippen molar-refractivity contribution in [1.29, 1.82) is 0 Å². The molecule has 7 heteroatoms. The molecule has 0 bridgehead atoms. The second kappa shape index (κ2) is 5.89. The molecule has 104 valence electrons. The van der Waals surface area contributed by atoms with Crippen LogP contribution >= 0.6 is 0 Å². The van der Waals surface area contributed by atoms with Gasteiger partial charge in [-0.2, -0.15) is 4.98 Å². The number of rotatable bonds is 3. The molecule has 1 unspecified atom stereocenters. The highest BCUT2D eigenvalue weighted by molar-refractivity contribution is 5.63. The summed E-state index contributed by atoms with van der Waals surface area (Å²) in [6, 6.07) is 0.158. The zero-order chi connectivity index (χ0) is 13.8. The molecule has 20 heavy (non-hydrogen) atoms. The van der Waals surface area contributed by atoms with E-state index in [9.17, 15) is 0 Å². The largest absolute Gasteiger partial charge is 0.335 e. The van der Waals surface area contributed by atoms with Crippen molar-refractivity contribution in [1.82, 2.24) is 30.3 Å². The van der Waals surface area contributed by atoms with Gasteiger partial charge in [-0.05, 0) is 13.1 Å². The maximum atomic E-state index is 5.24. The van der Waals surface area contributed by atoms with Gasteiger partial charge >= 0.3 is 0 Å². The monoisotopic (exact) mass is 272 g/mol. The van der Waals surface area contributed by atoms with Crippen molar-refractivity contribution in [2.45, 2.75) is 6.04 Å². The lowest BCUT2D eigenvalue weighted by atomic mass is 10.2. The van der Waals surface area contributed by atoms with Crippen molar-refractivity contribution in [3.05, 3.63) is 36.0 Å². The minimum Gasteiger partial charge on any atom is -0.335 e. The van der Waals surface area contributed by atoms with E-state index in [1.807, 2.05) is 0 Å². The second-order valence-electron chi connectivity index (χ2n) is 4.65. The van der Waals surface area contributed by atoms with E-state index in [-0.39, 0.29) is 6.04 Å². The van der Waals surface area contributed by atoms with Crippen LogP contribution in [0.15, 0.2) is 23.1 Å². The summed E-state index contributed by atoms with van der Waals surface area (Å²) in [5.41, 5.74) is 0.753. The van der Waals surface area contributed by atoms with Crippen molar-refractivity contribution in [2.24, 2.45) is 0 Å². The highest BCUT2D eigenvalue weighted by atomic mass is 16.5. The predicted octanol–water partition coefficient (Wildman–Crippen LogP) is 0.606. The van der Waals surface area contributed by atoms with E-state index in [2.05, 4.69) is 37.4 Å². The van der Waals surface area contributed by atoms with Crippen LogP contribution < -0.4 is 5.32 Å². The third kappa shape index (κ3) is 2.89. The minimum atomic E-state index is 0.158. The predicted molar refractivity (Wildman–Crippen MR) is 73.5 cm³/mol. The van der Waals surface area contributed by atoms with E-state index in [4.69, 9.17) is 4.52 Å². The number of likely N-dealkylation sites (N-methyl/N-ethyl adjacent to an activating group) is 1. The van der Waals surface area contributed by atoms with Crippen molar-refractivity contribution in [3.8, 4) is 0 Å². The van der Waals surface area contributed by atoms with Crippen molar-refractivity contribution in [3.63, 3.8) is 0 Å². The Hall–Kier alpha value is -2.12. The summed E-state index contributed by atoms with van der Waals surface area (Å²) in [6.45, 7) is 2.80. The van der Waals surface area contributed by atoms with Crippen LogP contribution in [0.25, 0.3) is 12.2 Å². The first-order chi connectivity index (χ1) is 9.83. The zero-order valence-electron chi connectivity index (χ0n) is 11.2. The molecule has 1 N–H and O–H groups in total. The van der Waals surface area contributed by atoms with Gasteiger partial charge in [0.05, 0.1) is 17.9 Å². The van der Waals surface area contributed by atoms with Gasteiger partial charge in [0.1, 0.15) is 0 Å². The fourth-order valence-corrected chi connectivity index (χ4v) is 2.10. The summed E-state index contributed by atoms with van der Waals surface area (Å²) in [7, 11) is 2.07. The molecule has 0 amide bonds. The fourth-order valence-electron chi connectivity index (χ4n) is 2.10. The van der Waals surface area contributed by atoms with E-state index < -0.39 is 0 Å². The molecule has 1 saturated heterocycles. The van der Waals surface area contributed by atoms with Crippen molar-refractivity contribution >= 4 is 12.2 Å². The Morgan fingerprint density at radius 2 is 2.35 bits per heavy atom. The van der Waals surface area contributed by atoms with E-state index in [1.165, 1.54) is 0 Å². The molecule has 3 rings (SSSR count). The van der Waals surface area contributed by atoms with Gasteiger partial charge in [-0.25, -0.2) is 0 Å². The van der Waals surface area contributed by atoms with Crippen molar-refractivity contribution < 1.29 is 4.52 Å². The molecular weight excluding hydrogens is 256 g/mol. The Balaban J connectivity index is 1.72. The summed E-state index contributed by atoms with van der Waals surface area (Å²) in [5, 5.41) is 7.38. The van der Waals surface area contributed by atoms with Crippen LogP contribution in [0.4, 0.5) is 0 Å². The summed E-state index contributed by atoms with van der Waals surface area (Å²) in [4.78, 5) is 14.8. The third-order valence-corrected chi connectivity index (χ3v) is 3.25. The average molecular weight is 272 g/mol. The molecule has 0 spiro atoms. The normalized spacial score (nSPS) is 20.6. The summed E-state index contributed by atoms with van der Waals surface area (Å²) in [6.07, 6.45) is 8.49. The number of nitrogens with zero attached hydrogens (tertiary/aromatic N) is 5. The number of aromatic nitrogens is 4. The maximum Gasteiger partial charge on any atom is 0.250 e. The fraction of sp³-hybridized carbons (Fsp3) is 0.385. The first-order valence-electron chi connectivity index (χ1n) is 6.51. The van der Waals surface area contributed by atoms with Gasteiger partial charge in [0.2, 0.25) is 0 Å². The molecule has 1 atom stereocenters. The highest BCUT2D eigenvalue weighted by Crippen LogP contribution is 2.18. The van der Waals surface area contributed by atoms with Gasteiger partial charge in [0.25, 0.3) is 5.89 Å². The first-order valence-corrected chi connectivity index (χ1v) is 6.51. The summed E-state index contributed by atoms with van der Waals surface area (Å²) in [5.74, 6) is 1.18. The van der Waals surface area contributed by atoms with E-state index in [0.29, 0.717) is 11.7 Å². The van der Waals surface area contributed by atoms with Crippen LogP contribution in [0, 0.1) is 0 Å². The zero-order valence-corrected chi connectivity index (χ0v) is 11.2. The van der Waals surface area contributed by atoms with Gasteiger partial charge in [-0.1, -0.05) is 5.16 Å². The molecule has 3 heterocycles. The third-order valence-electron chi connectivity index (χ3n) is 3.25. The van der Waals surface area contributed by atoms with E-state index in [0.717, 1.165) is 25.3 Å². The summed E-state index contributed by atoms with van der Waals surface area (Å²) >= 11 is 0. The second-order valence-corrected chi connectivity index (χ2v) is 4.65. The average Bonchev–Trinajstić information content (AvgIpc) is 2.95. The molecule has 1 aliphatic heterocycles. The minimum absolute atomic E-state index is 0.158. The Morgan fingerprint density at radius 3 is 3.15 bits per heavy atom. The van der Waals surface area contributed by atoms with E-state index in [1.54, 1.807) is 30.7 Å². The van der Waals surface area contributed by atoms with Crippen molar-refractivity contribution in [2.75, 3.05) is 26.7 Å². The molecular formula is C13H16N6O. The Labute approximate surface area is 116 Å². The van der Waals surface area contributed by atoms with Crippen LogP contribution in [-0.2, 0) is 0 Å². The number of piperazine rings is 1. The van der Waals surface area contributed by atoms with Crippen LogP contribution in [0.5, 0.6) is 0 Å². The molecule has 2 aromatic heterocycles. The molecule has 0 aliphatic carbocycles. The SMILES string of the molecule is CN1CCNCC1c1noc(/C=C/c2cnccn2)n1. The van der Waals surface area contributed by atoms with Gasteiger partial charge < -0.3 is 9.84 Å². The Morgan fingerprint density at radius 1 is 1.40 bits per heavy atom. The lowest BCUT2D eigenvalue weighted by Gasteiger charge is -2.30. The Kier molecular flexibility index (Phi) is 3.80. The molecule has 1 aliphatic rings. The Bertz CT molecular complexity index is 582. The topological polar surface area (TPSA) is 80.0 Å². The molecule has 1 fully saturated rings. The maximum absolute atomic E-state index is 5.24. The number of nitrogens with one attached hydrogen (secondary N) is 1. The highest BCUT2D eigenvalue weighted by Gasteiger charge is 2.24. The first kappa shape index (κ1) is 12.9.